The number of hydrogen-bond acceptors (Lipinski definition) is 5. The average Bonchev–Trinajstić information content (AvgIpc) is 3.26. The minimum Gasteiger partial charge on any atom is -0.459 e. The molecule has 2 fully saturated rings. The summed E-state index contributed by atoms with van der Waals surface area (Å²) in [5.41, 5.74) is 4.16. The van der Waals surface area contributed by atoms with Gasteiger partial charge in [-0.25, -0.2) is 9.18 Å². The number of carbonyl (C=O) groups is 2. The van der Waals surface area contributed by atoms with Crippen LogP contribution < -0.4 is 5.73 Å². The SMILES string of the molecule is N[C@@]1(C(=O)OCc2ccccc2)C[C@H]2C[C@@H]1[C@](F)(C(=O)OCc1ccccc1)C2. The topological polar surface area (TPSA) is 78.6 Å². The van der Waals surface area contributed by atoms with Gasteiger partial charge in [-0.15, -0.1) is 0 Å². The molecule has 0 spiro atoms. The lowest BCUT2D eigenvalue weighted by atomic mass is 9.73. The molecule has 0 aromatic heterocycles. The predicted octanol–water partition coefficient (Wildman–Crippen LogP) is 3.31. The fraction of sp³-hybridized carbons (Fsp3) is 0.391. The first-order valence-electron chi connectivity index (χ1n) is 9.82. The first-order valence-corrected chi connectivity index (χ1v) is 9.82. The van der Waals surface area contributed by atoms with E-state index in [1.165, 1.54) is 0 Å². The molecule has 2 N–H and O–H groups in total. The molecule has 0 amide bonds. The van der Waals surface area contributed by atoms with Gasteiger partial charge in [-0.3, -0.25) is 4.79 Å². The Kier molecular flexibility index (Phi) is 5.13. The Morgan fingerprint density at radius 3 is 1.93 bits per heavy atom. The summed E-state index contributed by atoms with van der Waals surface area (Å²) in [5.74, 6) is -2.68. The van der Waals surface area contributed by atoms with Crippen molar-refractivity contribution in [1.29, 1.82) is 0 Å². The van der Waals surface area contributed by atoms with Crippen LogP contribution in [0.4, 0.5) is 4.39 Å². The molecule has 4 rings (SSSR count). The molecule has 5 nitrogen and oxygen atoms in total. The van der Waals surface area contributed by atoms with Crippen molar-refractivity contribution in [2.45, 2.75) is 43.7 Å². The third kappa shape index (κ3) is 3.65. The zero-order chi connectivity index (χ0) is 20.5. The number of nitrogens with two attached hydrogens (primary N) is 1. The van der Waals surface area contributed by atoms with Crippen LogP contribution in [-0.2, 0) is 32.3 Å². The smallest absolute Gasteiger partial charge is 0.344 e. The summed E-state index contributed by atoms with van der Waals surface area (Å²) < 4.78 is 26.4. The number of alkyl halides is 1. The molecule has 0 heterocycles. The Labute approximate surface area is 169 Å². The maximum atomic E-state index is 15.8. The van der Waals surface area contributed by atoms with Gasteiger partial charge in [-0.1, -0.05) is 60.7 Å². The van der Waals surface area contributed by atoms with Crippen molar-refractivity contribution in [1.82, 2.24) is 0 Å². The van der Waals surface area contributed by atoms with Gasteiger partial charge in [0.25, 0.3) is 0 Å². The number of carbonyl (C=O) groups excluding carboxylic acids is 2. The molecule has 2 aliphatic carbocycles. The molecule has 29 heavy (non-hydrogen) atoms. The van der Waals surface area contributed by atoms with E-state index in [1.54, 1.807) is 12.1 Å². The number of esters is 2. The highest BCUT2D eigenvalue weighted by Gasteiger charge is 2.69. The van der Waals surface area contributed by atoms with Crippen LogP contribution in [0.5, 0.6) is 0 Å². The lowest BCUT2D eigenvalue weighted by Gasteiger charge is -2.38. The largest absolute Gasteiger partial charge is 0.459 e. The molecule has 0 aliphatic heterocycles. The van der Waals surface area contributed by atoms with E-state index in [9.17, 15) is 9.59 Å². The Morgan fingerprint density at radius 2 is 1.41 bits per heavy atom. The maximum absolute atomic E-state index is 15.8. The first-order chi connectivity index (χ1) is 13.9. The van der Waals surface area contributed by atoms with Crippen molar-refractivity contribution in [2.24, 2.45) is 17.6 Å². The summed E-state index contributed by atoms with van der Waals surface area (Å²) in [4.78, 5) is 25.4. The minimum absolute atomic E-state index is 0.0151. The fourth-order valence-corrected chi connectivity index (χ4v) is 4.71. The summed E-state index contributed by atoms with van der Waals surface area (Å²) in [6.07, 6.45) is 0.743. The zero-order valence-corrected chi connectivity index (χ0v) is 16.1. The lowest BCUT2D eigenvalue weighted by Crippen LogP contribution is -2.61. The second kappa shape index (κ2) is 7.59. The van der Waals surface area contributed by atoms with Crippen molar-refractivity contribution in [2.75, 3.05) is 0 Å². The van der Waals surface area contributed by atoms with Gasteiger partial charge in [0, 0.05) is 5.92 Å². The van der Waals surface area contributed by atoms with Gasteiger partial charge in [-0.05, 0) is 36.3 Å². The third-order valence-corrected chi connectivity index (χ3v) is 6.10. The number of fused-ring (bicyclic) bond motifs is 2. The van der Waals surface area contributed by atoms with Crippen LogP contribution >= 0.6 is 0 Å². The van der Waals surface area contributed by atoms with Crippen LogP contribution in [0, 0.1) is 11.8 Å². The molecule has 152 valence electrons. The van der Waals surface area contributed by atoms with E-state index in [0.29, 0.717) is 12.8 Å². The third-order valence-electron chi connectivity index (χ3n) is 6.10. The molecule has 2 saturated carbocycles. The van der Waals surface area contributed by atoms with E-state index in [2.05, 4.69) is 0 Å². The van der Waals surface area contributed by atoms with Crippen molar-refractivity contribution < 1.29 is 23.5 Å². The molecular weight excluding hydrogens is 373 g/mol. The van der Waals surface area contributed by atoms with E-state index >= 15 is 4.39 Å². The number of benzene rings is 2. The van der Waals surface area contributed by atoms with Crippen molar-refractivity contribution in [3.63, 3.8) is 0 Å². The Hall–Kier alpha value is -2.73. The average molecular weight is 397 g/mol. The zero-order valence-electron chi connectivity index (χ0n) is 16.1. The van der Waals surface area contributed by atoms with Crippen molar-refractivity contribution in [3.8, 4) is 0 Å². The van der Waals surface area contributed by atoms with Crippen LogP contribution in [0.2, 0.25) is 0 Å². The van der Waals surface area contributed by atoms with Gasteiger partial charge in [0.2, 0.25) is 5.67 Å². The summed E-state index contributed by atoms with van der Waals surface area (Å²) in [7, 11) is 0. The van der Waals surface area contributed by atoms with Crippen molar-refractivity contribution >= 4 is 11.9 Å². The van der Waals surface area contributed by atoms with E-state index < -0.39 is 29.1 Å². The highest BCUT2D eigenvalue weighted by molar-refractivity contribution is 5.87. The van der Waals surface area contributed by atoms with Gasteiger partial charge in [0.1, 0.15) is 18.8 Å². The van der Waals surface area contributed by atoms with Gasteiger partial charge in [0.05, 0.1) is 0 Å². The van der Waals surface area contributed by atoms with Crippen LogP contribution in [-0.4, -0.2) is 23.1 Å². The van der Waals surface area contributed by atoms with Gasteiger partial charge < -0.3 is 15.2 Å². The van der Waals surface area contributed by atoms with Crippen LogP contribution in [0.25, 0.3) is 0 Å². The normalized spacial score (nSPS) is 30.1. The fourth-order valence-electron chi connectivity index (χ4n) is 4.71. The maximum Gasteiger partial charge on any atom is 0.344 e. The first kappa shape index (κ1) is 19.6. The predicted molar refractivity (Wildman–Crippen MR) is 104 cm³/mol. The summed E-state index contributed by atoms with van der Waals surface area (Å²) >= 11 is 0. The summed E-state index contributed by atoms with van der Waals surface area (Å²) in [5, 5.41) is 0. The highest BCUT2D eigenvalue weighted by atomic mass is 19.1. The van der Waals surface area contributed by atoms with Crippen LogP contribution in [0.3, 0.4) is 0 Å². The van der Waals surface area contributed by atoms with E-state index in [-0.39, 0.29) is 25.6 Å². The standard InChI is InChI=1S/C23H24FNO4/c24-22(20(26)28-14-16-7-3-1-4-8-16)12-18-11-19(22)23(25,13-18)21(27)29-15-17-9-5-2-6-10-17/h1-10,18-19H,11-15,25H2/t18-,19+,22-,23-/m0/s1. The molecule has 4 atom stereocenters. The Morgan fingerprint density at radius 1 is 0.897 bits per heavy atom. The molecular formula is C23H24FNO4. The monoisotopic (exact) mass is 397 g/mol. The van der Waals surface area contributed by atoms with Crippen LogP contribution in [0.15, 0.2) is 60.7 Å². The molecule has 2 aliphatic rings. The molecule has 0 unspecified atom stereocenters. The molecule has 0 radical (unpaired) electrons. The quantitative estimate of drug-likeness (QED) is 0.757. The Balaban J connectivity index is 1.43. The minimum atomic E-state index is -2.27. The van der Waals surface area contributed by atoms with Gasteiger partial charge >= 0.3 is 11.9 Å². The molecule has 2 bridgehead atoms. The number of rotatable bonds is 6. The second-order valence-corrected chi connectivity index (χ2v) is 8.09. The summed E-state index contributed by atoms with van der Waals surface area (Å²) in [6, 6.07) is 18.3. The lowest BCUT2D eigenvalue weighted by molar-refractivity contribution is -0.171. The van der Waals surface area contributed by atoms with E-state index in [4.69, 9.17) is 15.2 Å². The molecule has 2 aromatic carbocycles. The number of ether oxygens (including phenoxy) is 2. The van der Waals surface area contributed by atoms with E-state index in [1.807, 2.05) is 48.5 Å². The number of halogens is 1. The van der Waals surface area contributed by atoms with E-state index in [0.717, 1.165) is 11.1 Å². The van der Waals surface area contributed by atoms with Crippen LogP contribution in [0.1, 0.15) is 30.4 Å². The Bertz CT molecular complexity index is 819. The second-order valence-electron chi connectivity index (χ2n) is 8.09. The number of hydrogen-bond donors (Lipinski definition) is 1. The molecule has 6 heteroatoms. The van der Waals surface area contributed by atoms with Gasteiger partial charge in [0.15, 0.2) is 0 Å². The van der Waals surface area contributed by atoms with Gasteiger partial charge in [-0.2, -0.15) is 0 Å². The van der Waals surface area contributed by atoms with Crippen molar-refractivity contribution in [3.05, 3.63) is 71.8 Å². The molecule has 2 aromatic rings. The highest BCUT2D eigenvalue weighted by Crippen LogP contribution is 2.57. The summed E-state index contributed by atoms with van der Waals surface area (Å²) in [6.45, 7) is 0.0481. The molecule has 0 saturated heterocycles.